The van der Waals surface area contributed by atoms with E-state index >= 15 is 0 Å². The number of esters is 1. The lowest BCUT2D eigenvalue weighted by molar-refractivity contribution is -0.134. The van der Waals surface area contributed by atoms with Crippen LogP contribution in [0.4, 0.5) is 0 Å². The van der Waals surface area contributed by atoms with Gasteiger partial charge in [0.05, 0.1) is 30.8 Å². The molecule has 0 bridgehead atoms. The third kappa shape index (κ3) is 5.69. The van der Waals surface area contributed by atoms with Gasteiger partial charge in [-0.25, -0.2) is 4.79 Å². The van der Waals surface area contributed by atoms with Crippen molar-refractivity contribution in [3.63, 3.8) is 0 Å². The summed E-state index contributed by atoms with van der Waals surface area (Å²) < 4.78 is 22.6. The molecular weight excluding hydrogens is 467 g/mol. The van der Waals surface area contributed by atoms with E-state index in [1.807, 2.05) is 6.07 Å². The molecule has 1 fully saturated rings. The molecule has 0 spiro atoms. The highest BCUT2D eigenvalue weighted by Crippen LogP contribution is 2.35. The zero-order chi connectivity index (χ0) is 23.4. The summed E-state index contributed by atoms with van der Waals surface area (Å²) in [5, 5.41) is 1.15. The van der Waals surface area contributed by atoms with Gasteiger partial charge < -0.3 is 18.9 Å². The summed E-state index contributed by atoms with van der Waals surface area (Å²) in [6.07, 6.45) is 3.09. The van der Waals surface area contributed by atoms with Crippen LogP contribution < -0.4 is 4.74 Å². The fourth-order valence-corrected chi connectivity index (χ4v) is 4.47. The molecule has 0 amide bonds. The van der Waals surface area contributed by atoms with E-state index in [1.165, 1.54) is 6.26 Å². The number of ketones is 1. The molecular formula is C25H24Cl2O6. The lowest BCUT2D eigenvalue weighted by Gasteiger charge is -2.37. The zero-order valence-electron chi connectivity index (χ0n) is 18.1. The van der Waals surface area contributed by atoms with E-state index in [2.05, 4.69) is 0 Å². The Kier molecular flexibility index (Phi) is 7.58. The van der Waals surface area contributed by atoms with Crippen LogP contribution in [0.5, 0.6) is 5.75 Å². The molecule has 3 unspecified atom stereocenters. The molecule has 1 aliphatic carbocycles. The fourth-order valence-electron chi connectivity index (χ4n) is 4.01. The average Bonchev–Trinajstić information content (AvgIpc) is 2.81. The van der Waals surface area contributed by atoms with Crippen LogP contribution >= 0.6 is 23.2 Å². The summed E-state index contributed by atoms with van der Waals surface area (Å²) in [5.74, 6) is -0.155. The number of hydrogen-bond donors (Lipinski definition) is 0. The normalized spacial score (nSPS) is 22.1. The van der Waals surface area contributed by atoms with Crippen LogP contribution in [0, 0.1) is 5.92 Å². The number of allylic oxidation sites excluding steroid dienone is 1. The Balaban J connectivity index is 1.33. The molecule has 0 radical (unpaired) electrons. The van der Waals surface area contributed by atoms with Crippen molar-refractivity contribution in [3.05, 3.63) is 75.7 Å². The summed E-state index contributed by atoms with van der Waals surface area (Å²) in [6.45, 7) is 2.43. The van der Waals surface area contributed by atoms with Gasteiger partial charge in [0.25, 0.3) is 0 Å². The predicted molar refractivity (Wildman–Crippen MR) is 123 cm³/mol. The molecule has 3 atom stereocenters. The molecule has 6 nitrogen and oxygen atoms in total. The second-order valence-corrected chi connectivity index (χ2v) is 8.80. The Labute approximate surface area is 202 Å². The Bertz CT molecular complexity index is 1050. The molecule has 2 aliphatic rings. The second-order valence-electron chi connectivity index (χ2n) is 7.96. The van der Waals surface area contributed by atoms with Crippen molar-refractivity contribution in [1.82, 2.24) is 0 Å². The number of Topliss-reactive ketones (excluding diaryl/α,β-unsaturated/α-hetero) is 1. The number of ether oxygens (including phenoxy) is 4. The Morgan fingerprint density at radius 2 is 1.91 bits per heavy atom. The van der Waals surface area contributed by atoms with Crippen molar-refractivity contribution in [2.24, 2.45) is 5.92 Å². The Hall–Kier alpha value is -2.54. The molecule has 0 N–H and O–H groups in total. The van der Waals surface area contributed by atoms with E-state index in [0.717, 1.165) is 12.0 Å². The van der Waals surface area contributed by atoms with E-state index < -0.39 is 5.97 Å². The van der Waals surface area contributed by atoms with Gasteiger partial charge in [-0.1, -0.05) is 29.3 Å². The molecule has 4 rings (SSSR count). The number of fused-ring (bicyclic) bond motifs is 1. The molecule has 2 aromatic carbocycles. The summed E-state index contributed by atoms with van der Waals surface area (Å²) in [5.41, 5.74) is 1.29. The van der Waals surface area contributed by atoms with Crippen molar-refractivity contribution in [1.29, 1.82) is 0 Å². The Morgan fingerprint density at radius 3 is 2.64 bits per heavy atom. The second kappa shape index (κ2) is 10.6. The molecule has 33 heavy (non-hydrogen) atoms. The van der Waals surface area contributed by atoms with Crippen LogP contribution in [0.3, 0.4) is 0 Å². The standard InChI is InChI=1S/C25H24Cl2O6/c1-2-30-25(29)15-4-7-18(8-5-15)33-23-14-32-22-12-19(9-10-20(22)24(23)28)31-13-16-3-6-17(26)11-21(16)27/h3-8,11,14,19-20,22H,2,9-10,12-13H2,1H3. The summed E-state index contributed by atoms with van der Waals surface area (Å²) in [4.78, 5) is 24.7. The van der Waals surface area contributed by atoms with Crippen LogP contribution in [0.2, 0.25) is 10.0 Å². The minimum absolute atomic E-state index is 0.0305. The highest BCUT2D eigenvalue weighted by molar-refractivity contribution is 6.35. The number of hydrogen-bond acceptors (Lipinski definition) is 6. The van der Waals surface area contributed by atoms with Crippen molar-refractivity contribution in [2.45, 2.75) is 45.0 Å². The van der Waals surface area contributed by atoms with Crippen molar-refractivity contribution < 1.29 is 28.5 Å². The van der Waals surface area contributed by atoms with Crippen LogP contribution in [0.25, 0.3) is 0 Å². The third-order valence-electron chi connectivity index (χ3n) is 5.76. The van der Waals surface area contributed by atoms with Gasteiger partial charge in [-0.3, -0.25) is 4.79 Å². The van der Waals surface area contributed by atoms with E-state index in [4.69, 9.17) is 42.1 Å². The van der Waals surface area contributed by atoms with Crippen LogP contribution in [0.1, 0.15) is 42.1 Å². The topological polar surface area (TPSA) is 71.1 Å². The van der Waals surface area contributed by atoms with E-state index in [0.29, 0.717) is 47.4 Å². The summed E-state index contributed by atoms with van der Waals surface area (Å²) in [6, 6.07) is 11.8. The predicted octanol–water partition coefficient (Wildman–Crippen LogP) is 5.74. The first-order valence-electron chi connectivity index (χ1n) is 10.8. The van der Waals surface area contributed by atoms with Gasteiger partial charge >= 0.3 is 5.97 Å². The maximum absolute atomic E-state index is 13.0. The van der Waals surface area contributed by atoms with Gasteiger partial charge in [0.2, 0.25) is 11.5 Å². The zero-order valence-corrected chi connectivity index (χ0v) is 19.6. The number of rotatable bonds is 7. The molecule has 1 heterocycles. The minimum atomic E-state index is -0.402. The van der Waals surface area contributed by atoms with Gasteiger partial charge in [-0.15, -0.1) is 0 Å². The van der Waals surface area contributed by atoms with Crippen molar-refractivity contribution in [2.75, 3.05) is 6.61 Å². The molecule has 2 aromatic rings. The van der Waals surface area contributed by atoms with E-state index in [1.54, 1.807) is 43.3 Å². The van der Waals surface area contributed by atoms with Crippen LogP contribution in [0.15, 0.2) is 54.5 Å². The molecule has 174 valence electrons. The third-order valence-corrected chi connectivity index (χ3v) is 6.34. The Morgan fingerprint density at radius 1 is 1.12 bits per heavy atom. The largest absolute Gasteiger partial charge is 0.493 e. The summed E-state index contributed by atoms with van der Waals surface area (Å²) in [7, 11) is 0. The number of halogens is 2. The monoisotopic (exact) mass is 490 g/mol. The number of carbonyl (C=O) groups is 2. The van der Waals surface area contributed by atoms with E-state index in [9.17, 15) is 9.59 Å². The molecule has 1 saturated carbocycles. The highest BCUT2D eigenvalue weighted by atomic mass is 35.5. The average molecular weight is 491 g/mol. The molecule has 0 aromatic heterocycles. The SMILES string of the molecule is CCOC(=O)c1ccc(OC2=COC3CC(OCc4ccc(Cl)cc4Cl)CCC3C2=O)cc1. The maximum atomic E-state index is 13.0. The summed E-state index contributed by atoms with van der Waals surface area (Å²) >= 11 is 12.2. The number of carbonyl (C=O) groups excluding carboxylic acids is 2. The van der Waals surface area contributed by atoms with Gasteiger partial charge in [-0.2, -0.15) is 0 Å². The molecule has 0 saturated heterocycles. The van der Waals surface area contributed by atoms with Gasteiger partial charge in [0.1, 0.15) is 18.1 Å². The maximum Gasteiger partial charge on any atom is 0.338 e. The lowest BCUT2D eigenvalue weighted by Crippen LogP contribution is -2.42. The first-order valence-corrected chi connectivity index (χ1v) is 11.6. The first kappa shape index (κ1) is 23.6. The van der Waals surface area contributed by atoms with Gasteiger partial charge in [-0.05, 0) is 61.7 Å². The lowest BCUT2D eigenvalue weighted by atomic mass is 9.80. The number of benzene rings is 2. The fraction of sp³-hybridized carbons (Fsp3) is 0.360. The van der Waals surface area contributed by atoms with Crippen LogP contribution in [-0.2, 0) is 25.6 Å². The van der Waals surface area contributed by atoms with Crippen molar-refractivity contribution >= 4 is 35.0 Å². The van der Waals surface area contributed by atoms with Crippen LogP contribution in [-0.4, -0.2) is 30.6 Å². The van der Waals surface area contributed by atoms with Gasteiger partial charge in [0, 0.05) is 16.5 Å². The quantitative estimate of drug-likeness (QED) is 0.460. The van der Waals surface area contributed by atoms with Crippen molar-refractivity contribution in [3.8, 4) is 5.75 Å². The highest BCUT2D eigenvalue weighted by Gasteiger charge is 2.41. The van der Waals surface area contributed by atoms with Gasteiger partial charge in [0.15, 0.2) is 0 Å². The molecule has 1 aliphatic heterocycles. The minimum Gasteiger partial charge on any atom is -0.493 e. The smallest absolute Gasteiger partial charge is 0.338 e. The molecule has 8 heteroatoms. The first-order chi connectivity index (χ1) is 15.9. The van der Waals surface area contributed by atoms with E-state index in [-0.39, 0.29) is 29.7 Å².